The van der Waals surface area contributed by atoms with Gasteiger partial charge in [-0.05, 0) is 45.7 Å². The van der Waals surface area contributed by atoms with Crippen molar-refractivity contribution in [3.63, 3.8) is 0 Å². The second-order valence-corrected chi connectivity index (χ2v) is 5.30. The van der Waals surface area contributed by atoms with Gasteiger partial charge in [0.2, 0.25) is 0 Å². The molecule has 17 heavy (non-hydrogen) atoms. The molecule has 1 atom stereocenters. The number of hydrogen-bond donors (Lipinski definition) is 1. The van der Waals surface area contributed by atoms with Gasteiger partial charge < -0.3 is 10.1 Å². The highest BCUT2D eigenvalue weighted by Crippen LogP contribution is 2.15. The van der Waals surface area contributed by atoms with Crippen LogP contribution in [-0.4, -0.2) is 35.1 Å². The van der Waals surface area contributed by atoms with Crippen molar-refractivity contribution < 1.29 is 4.74 Å². The molecule has 0 saturated carbocycles. The van der Waals surface area contributed by atoms with Crippen molar-refractivity contribution in [1.82, 2.24) is 15.1 Å². The Bertz CT molecular complexity index is 333. The van der Waals surface area contributed by atoms with Gasteiger partial charge in [-0.1, -0.05) is 0 Å². The highest BCUT2D eigenvalue weighted by molar-refractivity contribution is 5.03. The molecule has 0 aliphatic rings. The number of nitrogens with zero attached hydrogens (tertiary/aromatic N) is 2. The molecule has 0 aliphatic carbocycles. The lowest BCUT2D eigenvalue weighted by atomic mass is 10.00. The third kappa shape index (κ3) is 5.33. The average molecular weight is 239 g/mol. The summed E-state index contributed by atoms with van der Waals surface area (Å²) in [7, 11) is 3.71. The van der Waals surface area contributed by atoms with E-state index in [1.54, 1.807) is 7.11 Å². The molecule has 4 heteroatoms. The number of methoxy groups -OCH3 is 1. The molecule has 0 aliphatic heterocycles. The lowest BCUT2D eigenvalue weighted by Crippen LogP contribution is -2.36. The molecule has 0 bridgehead atoms. The van der Waals surface area contributed by atoms with Crippen LogP contribution in [0, 0.1) is 0 Å². The van der Waals surface area contributed by atoms with Crippen LogP contribution in [0.15, 0.2) is 12.4 Å². The van der Waals surface area contributed by atoms with E-state index in [-0.39, 0.29) is 5.60 Å². The standard InChI is InChI=1S/C13H25N3O/c1-11(8-13(2,3)17-5)14-7-6-12-9-15-16(4)10-12/h9-11,14H,6-8H2,1-5H3/t11-/m1/s1. The Morgan fingerprint density at radius 3 is 2.76 bits per heavy atom. The minimum atomic E-state index is -0.0548. The Hall–Kier alpha value is -0.870. The molecule has 1 aromatic rings. The summed E-state index contributed by atoms with van der Waals surface area (Å²) in [5.41, 5.74) is 1.22. The third-order valence-electron chi connectivity index (χ3n) is 3.02. The molecule has 1 rings (SSSR count). The SMILES string of the molecule is COC(C)(C)C[C@@H](C)NCCc1cnn(C)c1. The van der Waals surface area contributed by atoms with Gasteiger partial charge in [0.25, 0.3) is 0 Å². The van der Waals surface area contributed by atoms with Gasteiger partial charge in [0, 0.05) is 26.4 Å². The molecule has 0 saturated heterocycles. The van der Waals surface area contributed by atoms with Crippen LogP contribution in [0.25, 0.3) is 0 Å². The molecule has 0 aromatic carbocycles. The maximum Gasteiger partial charge on any atom is 0.0637 e. The Balaban J connectivity index is 2.22. The molecule has 1 aromatic heterocycles. The van der Waals surface area contributed by atoms with Crippen LogP contribution in [0.4, 0.5) is 0 Å². The Labute approximate surface area is 104 Å². The zero-order valence-electron chi connectivity index (χ0n) is 11.7. The van der Waals surface area contributed by atoms with Gasteiger partial charge in [-0.3, -0.25) is 4.68 Å². The molecule has 1 N–H and O–H groups in total. The summed E-state index contributed by atoms with van der Waals surface area (Å²) in [5, 5.41) is 7.67. The van der Waals surface area contributed by atoms with E-state index in [1.165, 1.54) is 5.56 Å². The number of aromatic nitrogens is 2. The van der Waals surface area contributed by atoms with Gasteiger partial charge in [-0.15, -0.1) is 0 Å². The van der Waals surface area contributed by atoms with Gasteiger partial charge in [-0.2, -0.15) is 5.10 Å². The predicted molar refractivity (Wildman–Crippen MR) is 70.1 cm³/mol. The molecule has 1 heterocycles. The highest BCUT2D eigenvalue weighted by atomic mass is 16.5. The van der Waals surface area contributed by atoms with Crippen molar-refractivity contribution in [2.75, 3.05) is 13.7 Å². The summed E-state index contributed by atoms with van der Waals surface area (Å²) < 4.78 is 7.26. The van der Waals surface area contributed by atoms with E-state index in [0.717, 1.165) is 19.4 Å². The van der Waals surface area contributed by atoms with Gasteiger partial charge in [0.05, 0.1) is 11.8 Å². The maximum absolute atomic E-state index is 5.42. The van der Waals surface area contributed by atoms with E-state index in [9.17, 15) is 0 Å². The zero-order valence-corrected chi connectivity index (χ0v) is 11.7. The van der Waals surface area contributed by atoms with Gasteiger partial charge in [0.1, 0.15) is 0 Å². The summed E-state index contributed by atoms with van der Waals surface area (Å²) >= 11 is 0. The number of ether oxygens (including phenoxy) is 1. The van der Waals surface area contributed by atoms with Crippen LogP contribution >= 0.6 is 0 Å². The Morgan fingerprint density at radius 2 is 2.24 bits per heavy atom. The van der Waals surface area contributed by atoms with E-state index in [4.69, 9.17) is 4.74 Å². The van der Waals surface area contributed by atoms with Crippen LogP contribution in [0.2, 0.25) is 0 Å². The Kier molecular flexibility index (Phi) is 5.15. The number of nitrogens with one attached hydrogen (secondary N) is 1. The van der Waals surface area contributed by atoms with Crippen molar-refractivity contribution in [3.05, 3.63) is 18.0 Å². The summed E-state index contributed by atoms with van der Waals surface area (Å²) in [5.74, 6) is 0. The maximum atomic E-state index is 5.42. The fourth-order valence-electron chi connectivity index (χ4n) is 1.96. The van der Waals surface area contributed by atoms with Crippen LogP contribution in [-0.2, 0) is 18.2 Å². The van der Waals surface area contributed by atoms with Crippen LogP contribution in [0.3, 0.4) is 0 Å². The van der Waals surface area contributed by atoms with Crippen molar-refractivity contribution in [2.45, 2.75) is 45.3 Å². The molecular weight excluding hydrogens is 214 g/mol. The minimum absolute atomic E-state index is 0.0548. The predicted octanol–water partition coefficient (Wildman–Crippen LogP) is 1.76. The summed E-state index contributed by atoms with van der Waals surface area (Å²) in [6, 6.07) is 0.460. The monoisotopic (exact) mass is 239 g/mol. The molecule has 4 nitrogen and oxygen atoms in total. The van der Waals surface area contributed by atoms with Gasteiger partial charge in [0.15, 0.2) is 0 Å². The van der Waals surface area contributed by atoms with E-state index in [0.29, 0.717) is 6.04 Å². The molecule has 0 radical (unpaired) electrons. The lowest BCUT2D eigenvalue weighted by molar-refractivity contribution is 0.00865. The zero-order chi connectivity index (χ0) is 12.9. The second-order valence-electron chi connectivity index (χ2n) is 5.30. The van der Waals surface area contributed by atoms with E-state index < -0.39 is 0 Å². The van der Waals surface area contributed by atoms with Crippen LogP contribution in [0.5, 0.6) is 0 Å². The van der Waals surface area contributed by atoms with Crippen molar-refractivity contribution in [2.24, 2.45) is 7.05 Å². The first-order valence-corrected chi connectivity index (χ1v) is 6.19. The molecule has 0 fully saturated rings. The van der Waals surface area contributed by atoms with Gasteiger partial charge in [-0.25, -0.2) is 0 Å². The Morgan fingerprint density at radius 1 is 1.53 bits per heavy atom. The van der Waals surface area contributed by atoms with Crippen molar-refractivity contribution >= 4 is 0 Å². The second kappa shape index (κ2) is 6.17. The smallest absolute Gasteiger partial charge is 0.0637 e. The first-order valence-electron chi connectivity index (χ1n) is 6.19. The highest BCUT2D eigenvalue weighted by Gasteiger charge is 2.19. The molecule has 0 spiro atoms. The number of hydrogen-bond acceptors (Lipinski definition) is 3. The summed E-state index contributed by atoms with van der Waals surface area (Å²) in [4.78, 5) is 0. The molecule has 0 amide bonds. The fourth-order valence-corrected chi connectivity index (χ4v) is 1.96. The summed E-state index contributed by atoms with van der Waals surface area (Å²) in [6.45, 7) is 7.41. The average Bonchev–Trinajstić information content (AvgIpc) is 2.63. The van der Waals surface area contributed by atoms with Crippen molar-refractivity contribution in [3.8, 4) is 0 Å². The lowest BCUT2D eigenvalue weighted by Gasteiger charge is -2.27. The topological polar surface area (TPSA) is 39.1 Å². The molecule has 0 unspecified atom stereocenters. The van der Waals surface area contributed by atoms with E-state index >= 15 is 0 Å². The quantitative estimate of drug-likeness (QED) is 0.788. The largest absolute Gasteiger partial charge is 0.379 e. The summed E-state index contributed by atoms with van der Waals surface area (Å²) in [6.07, 6.45) is 6.01. The first kappa shape index (κ1) is 14.2. The third-order valence-corrected chi connectivity index (χ3v) is 3.02. The van der Waals surface area contributed by atoms with Crippen molar-refractivity contribution in [1.29, 1.82) is 0 Å². The fraction of sp³-hybridized carbons (Fsp3) is 0.769. The minimum Gasteiger partial charge on any atom is -0.379 e. The molecular formula is C13H25N3O. The number of rotatable bonds is 7. The van der Waals surface area contributed by atoms with Gasteiger partial charge >= 0.3 is 0 Å². The van der Waals surface area contributed by atoms with Crippen LogP contribution in [0.1, 0.15) is 32.8 Å². The van der Waals surface area contributed by atoms with E-state index in [2.05, 4.69) is 37.4 Å². The van der Waals surface area contributed by atoms with Crippen LogP contribution < -0.4 is 5.32 Å². The number of aryl methyl sites for hydroxylation is 1. The van der Waals surface area contributed by atoms with E-state index in [1.807, 2.05) is 17.9 Å². The molecule has 98 valence electrons. The first-order chi connectivity index (χ1) is 7.93. The normalized spacial score (nSPS) is 13.9.